The van der Waals surface area contributed by atoms with Crippen LogP contribution in [0.2, 0.25) is 0 Å². The Hall–Kier alpha value is -1.73. The monoisotopic (exact) mass is 178 g/mol. The minimum absolute atomic E-state index is 0.510. The topological polar surface area (TPSA) is 43.6 Å². The van der Waals surface area contributed by atoms with Crippen molar-refractivity contribution >= 4 is 5.78 Å². The molecule has 0 aromatic rings. The van der Waals surface area contributed by atoms with Crippen molar-refractivity contribution < 1.29 is 14.3 Å². The number of hydrogen-bond acceptors (Lipinski definition) is 2. The molecule has 0 heterocycles. The Kier molecular flexibility index (Phi) is 3.12. The maximum absolute atomic E-state index is 10.9. The standard InChI is InChI=1S/C10H10O3/c1-12-9-6-4-3-5-8(9)7-10(11)13-2/h3-6H,1-2H3. The predicted molar refractivity (Wildman–Crippen MR) is 46.8 cm³/mol. The zero-order valence-corrected chi connectivity index (χ0v) is 7.53. The van der Waals surface area contributed by atoms with E-state index < -0.39 is 5.95 Å². The molecule has 0 atom stereocenters. The van der Waals surface area contributed by atoms with E-state index >= 15 is 0 Å². The summed E-state index contributed by atoms with van der Waals surface area (Å²) in [6, 6.07) is 0. The van der Waals surface area contributed by atoms with E-state index in [-0.39, 0.29) is 0 Å². The molecule has 13 heavy (non-hydrogen) atoms. The first-order chi connectivity index (χ1) is 6.27. The van der Waals surface area contributed by atoms with Crippen LogP contribution in [0.25, 0.3) is 0 Å². The fourth-order valence-corrected chi connectivity index (χ4v) is 0.909. The van der Waals surface area contributed by atoms with Crippen LogP contribution in [0.1, 0.15) is 0 Å². The highest BCUT2D eigenvalue weighted by Gasteiger charge is 2.12. The van der Waals surface area contributed by atoms with Gasteiger partial charge < -0.3 is 9.84 Å². The molecule has 0 radical (unpaired) electrons. The quantitative estimate of drug-likeness (QED) is 0.249. The fourth-order valence-electron chi connectivity index (χ4n) is 0.909. The van der Waals surface area contributed by atoms with Gasteiger partial charge in [-0.15, -0.1) is 0 Å². The third-order valence-electron chi connectivity index (χ3n) is 1.53. The molecule has 0 unspecified atom stereocenters. The van der Waals surface area contributed by atoms with Crippen LogP contribution in [0.4, 0.5) is 0 Å². The molecule has 0 aliphatic heterocycles. The summed E-state index contributed by atoms with van der Waals surface area (Å²) in [6.07, 6.45) is 7.11. The van der Waals surface area contributed by atoms with Gasteiger partial charge in [-0.1, -0.05) is 17.9 Å². The number of carbonyl (C=O) groups excluding carboxylic acids is 1. The average molecular weight is 178 g/mol. The minimum atomic E-state index is -0.510. The van der Waals surface area contributed by atoms with Gasteiger partial charge in [0.05, 0.1) is 5.95 Å². The first-order valence-corrected chi connectivity index (χ1v) is 3.76. The van der Waals surface area contributed by atoms with Crippen molar-refractivity contribution in [3.05, 3.63) is 41.6 Å². The number of rotatable bonds is 1. The molecule has 0 saturated carbocycles. The van der Waals surface area contributed by atoms with Gasteiger partial charge in [0.15, 0.2) is 0 Å². The van der Waals surface area contributed by atoms with E-state index in [1.165, 1.54) is 14.2 Å². The van der Waals surface area contributed by atoms with Gasteiger partial charge in [0.1, 0.15) is 5.57 Å². The minimum Gasteiger partial charge on any atom is -0.611 e. The third-order valence-corrected chi connectivity index (χ3v) is 1.53. The lowest BCUT2D eigenvalue weighted by Gasteiger charge is -2.03. The molecule has 0 spiro atoms. The largest absolute Gasteiger partial charge is 0.611 e. The Morgan fingerprint density at radius 2 is 2.15 bits per heavy atom. The van der Waals surface area contributed by atoms with Gasteiger partial charge in [-0.05, 0) is 13.2 Å². The smallest absolute Gasteiger partial charge is 0.357 e. The average Bonchev–Trinajstić information content (AvgIpc) is 2.18. The maximum Gasteiger partial charge on any atom is 0.357 e. The van der Waals surface area contributed by atoms with Crippen LogP contribution in [0.5, 0.6) is 0 Å². The highest BCUT2D eigenvalue weighted by atomic mass is 16.6. The van der Waals surface area contributed by atoms with Crippen LogP contribution in [-0.4, -0.2) is 20.0 Å². The molecular weight excluding hydrogens is 168 g/mol. The number of allylic oxidation sites excluding steroid dienone is 5. The summed E-state index contributed by atoms with van der Waals surface area (Å²) in [7, 11) is 2.85. The molecule has 1 aliphatic rings. The van der Waals surface area contributed by atoms with E-state index in [9.17, 15) is 5.11 Å². The van der Waals surface area contributed by atoms with E-state index in [0.29, 0.717) is 11.4 Å². The Balaban J connectivity index is 3.12. The molecule has 0 N–H and O–H groups in total. The summed E-state index contributed by atoms with van der Waals surface area (Å²) in [4.78, 5) is 0. The van der Waals surface area contributed by atoms with Crippen LogP contribution in [-0.2, 0) is 9.16 Å². The molecular formula is C10H10O3. The summed E-state index contributed by atoms with van der Waals surface area (Å²) in [5, 5.41) is 10.9. The number of methoxy groups -OCH3 is 1. The summed E-state index contributed by atoms with van der Waals surface area (Å²) >= 11 is 0. The van der Waals surface area contributed by atoms with Gasteiger partial charge >= 0.3 is 5.78 Å². The molecule has 1 rings (SSSR count). The van der Waals surface area contributed by atoms with Gasteiger partial charge in [-0.25, -0.2) is 0 Å². The first kappa shape index (κ1) is 9.36. The molecule has 0 saturated heterocycles. The van der Waals surface area contributed by atoms with E-state index in [1.807, 2.05) is 6.08 Å². The lowest BCUT2D eigenvalue weighted by atomic mass is 10.1. The number of hydrogen-bond donors (Lipinski definition) is 0. The molecule has 0 fully saturated rings. The van der Waals surface area contributed by atoms with Crippen LogP contribution in [0.3, 0.4) is 0 Å². The highest BCUT2D eigenvalue weighted by molar-refractivity contribution is 6.07. The van der Waals surface area contributed by atoms with Gasteiger partial charge in [-0.2, -0.15) is 0 Å². The van der Waals surface area contributed by atoms with Crippen molar-refractivity contribution in [3.8, 4) is 0 Å². The molecule has 0 amide bonds. The molecule has 0 bridgehead atoms. The second-order valence-electron chi connectivity index (χ2n) is 2.32. The van der Waals surface area contributed by atoms with Crippen molar-refractivity contribution in [2.45, 2.75) is 0 Å². The van der Waals surface area contributed by atoms with Crippen LogP contribution in [0.15, 0.2) is 41.6 Å². The van der Waals surface area contributed by atoms with Crippen LogP contribution < -0.4 is 5.11 Å². The molecule has 68 valence electrons. The van der Waals surface area contributed by atoms with E-state index in [2.05, 4.69) is 10.5 Å². The summed E-state index contributed by atoms with van der Waals surface area (Å²) in [6.45, 7) is 0. The summed E-state index contributed by atoms with van der Waals surface area (Å²) in [5.74, 6) is 0.0948. The SMILES string of the molecule is COC([O-])=C=C1C=CC=CC1=[O+]C. The van der Waals surface area contributed by atoms with Crippen molar-refractivity contribution in [1.82, 2.24) is 0 Å². The molecule has 3 heteroatoms. The first-order valence-electron chi connectivity index (χ1n) is 3.76. The summed E-state index contributed by atoms with van der Waals surface area (Å²) in [5.41, 5.74) is 3.12. The normalized spacial score (nSPS) is 17.4. The predicted octanol–water partition coefficient (Wildman–Crippen LogP) is 0.220. The zero-order valence-electron chi connectivity index (χ0n) is 7.53. The summed E-state index contributed by atoms with van der Waals surface area (Å²) < 4.78 is 9.47. The van der Waals surface area contributed by atoms with Crippen LogP contribution >= 0.6 is 0 Å². The molecule has 1 aliphatic carbocycles. The van der Waals surface area contributed by atoms with Crippen molar-refractivity contribution in [3.63, 3.8) is 0 Å². The highest BCUT2D eigenvalue weighted by Crippen LogP contribution is 2.05. The van der Waals surface area contributed by atoms with Crippen molar-refractivity contribution in [2.24, 2.45) is 0 Å². The second-order valence-corrected chi connectivity index (χ2v) is 2.32. The molecule has 0 aromatic carbocycles. The Morgan fingerprint density at radius 1 is 1.46 bits per heavy atom. The lowest BCUT2D eigenvalue weighted by molar-refractivity contribution is -0.418. The number of ketones is 1. The van der Waals surface area contributed by atoms with Crippen molar-refractivity contribution in [1.29, 1.82) is 0 Å². The molecule has 0 aromatic heterocycles. The van der Waals surface area contributed by atoms with E-state index in [4.69, 9.17) is 4.42 Å². The van der Waals surface area contributed by atoms with E-state index in [1.54, 1.807) is 18.2 Å². The lowest BCUT2D eigenvalue weighted by Crippen LogP contribution is -2.06. The zero-order chi connectivity index (χ0) is 9.68. The van der Waals surface area contributed by atoms with Crippen molar-refractivity contribution in [2.75, 3.05) is 14.2 Å². The molecule has 3 nitrogen and oxygen atoms in total. The maximum atomic E-state index is 10.9. The Labute approximate surface area is 76.6 Å². The van der Waals surface area contributed by atoms with Gasteiger partial charge in [0.25, 0.3) is 7.11 Å². The fraction of sp³-hybridized carbons (Fsp3) is 0.200. The van der Waals surface area contributed by atoms with Gasteiger partial charge in [-0.3, -0.25) is 4.42 Å². The second kappa shape index (κ2) is 4.33. The number of ether oxygens (including phenoxy) is 1. The van der Waals surface area contributed by atoms with Gasteiger partial charge in [0.2, 0.25) is 0 Å². The van der Waals surface area contributed by atoms with E-state index in [0.717, 1.165) is 0 Å². The Bertz CT molecular complexity index is 339. The Morgan fingerprint density at radius 3 is 2.77 bits per heavy atom. The van der Waals surface area contributed by atoms with Gasteiger partial charge in [0, 0.05) is 6.08 Å². The van der Waals surface area contributed by atoms with Crippen LogP contribution in [0, 0.1) is 0 Å². The third kappa shape index (κ3) is 2.36.